The summed E-state index contributed by atoms with van der Waals surface area (Å²) in [6, 6.07) is 0. The fourth-order valence-corrected chi connectivity index (χ4v) is 9.29. The molecular weight excluding hydrogens is 431 g/mol. The van der Waals surface area contributed by atoms with Crippen LogP contribution in [0.25, 0.3) is 0 Å². The van der Waals surface area contributed by atoms with Crippen LogP contribution in [0.1, 0.15) is 91.9 Å². The molecule has 25 heavy (non-hydrogen) atoms. The first-order valence-corrected chi connectivity index (χ1v) is 15.1. The average molecular weight is 465 g/mol. The Kier molecular flexibility index (Phi) is 13.9. The Balaban J connectivity index is 5.29. The van der Waals surface area contributed by atoms with Crippen LogP contribution in [0.3, 0.4) is 0 Å². The van der Waals surface area contributed by atoms with Crippen molar-refractivity contribution in [3.63, 3.8) is 0 Å². The molecule has 0 aromatic carbocycles. The van der Waals surface area contributed by atoms with Gasteiger partial charge in [-0.2, -0.15) is 0 Å². The van der Waals surface area contributed by atoms with Crippen molar-refractivity contribution in [2.75, 3.05) is 0 Å². The van der Waals surface area contributed by atoms with Crippen molar-refractivity contribution in [3.05, 3.63) is 0 Å². The van der Waals surface area contributed by atoms with E-state index in [2.05, 4.69) is 6.92 Å². The third kappa shape index (κ3) is 11.4. The van der Waals surface area contributed by atoms with Gasteiger partial charge in [0, 0.05) is 0 Å². The first-order valence-electron chi connectivity index (χ1n) is 9.58. The molecule has 0 aliphatic heterocycles. The average Bonchev–Trinajstić information content (AvgIpc) is 2.52. The third-order valence-corrected chi connectivity index (χ3v) is 10.9. The number of hydrogen-bond donors (Lipinski definition) is 0. The molecule has 0 radical (unpaired) electrons. The molecule has 0 aliphatic carbocycles. The number of rotatable bonds is 14. The zero-order valence-corrected chi connectivity index (χ0v) is 19.1. The van der Waals surface area contributed by atoms with E-state index < -0.39 is 37.5 Å². The Morgan fingerprint density at radius 3 is 1.32 bits per heavy atom. The normalized spacial score (nSPS) is 11.0. The number of unbranched alkanes of at least 4 members (excludes halogenated alkanes) is 3. The van der Waals surface area contributed by atoms with Crippen LogP contribution in [-0.4, -0.2) is 37.5 Å². The molecule has 0 unspecified atom stereocenters. The minimum absolute atomic E-state index is 0.226. The summed E-state index contributed by atoms with van der Waals surface area (Å²) in [4.78, 5) is 36.2. The second-order valence-electron chi connectivity index (χ2n) is 6.17. The minimum atomic E-state index is -4.60. The molecule has 0 aliphatic rings. The molecule has 146 valence electrons. The maximum absolute atomic E-state index is 12.1. The van der Waals surface area contributed by atoms with Crippen LogP contribution in [0.5, 0.6) is 0 Å². The van der Waals surface area contributed by atoms with Crippen molar-refractivity contribution in [2.45, 2.75) is 96.3 Å². The molecule has 0 heterocycles. The van der Waals surface area contributed by atoms with E-state index in [4.69, 9.17) is 9.22 Å². The standard InChI is InChI=1S/C6H13.3C4H8O2.Sn/c1-3-5-6-4-2;3*1-2-3-4(5)6;/h1,3-6H2,2H3;3*2-3H2,1H3,(H,5,6);/q;;;;+3/p-3. The van der Waals surface area contributed by atoms with Crippen molar-refractivity contribution < 1.29 is 23.6 Å². The second kappa shape index (κ2) is 14.4. The van der Waals surface area contributed by atoms with E-state index in [0.717, 1.165) is 25.7 Å². The van der Waals surface area contributed by atoms with E-state index in [-0.39, 0.29) is 19.3 Å². The number of carbonyl (C=O) groups excluding carboxylic acids is 3. The predicted octanol–water partition coefficient (Wildman–Crippen LogP) is 4.54. The quantitative estimate of drug-likeness (QED) is 0.277. The molecule has 0 aromatic rings. The molecule has 0 amide bonds. The predicted molar refractivity (Wildman–Crippen MR) is 97.7 cm³/mol. The molecule has 0 saturated carbocycles. The first-order chi connectivity index (χ1) is 11.9. The summed E-state index contributed by atoms with van der Waals surface area (Å²) in [5, 5.41) is 0. The van der Waals surface area contributed by atoms with E-state index >= 15 is 0 Å². The van der Waals surface area contributed by atoms with Crippen LogP contribution in [-0.2, 0) is 23.6 Å². The van der Waals surface area contributed by atoms with E-state index in [0.29, 0.717) is 23.7 Å². The Labute approximate surface area is 157 Å². The van der Waals surface area contributed by atoms with Crippen molar-refractivity contribution in [2.24, 2.45) is 0 Å². The Hall–Kier alpha value is -0.791. The van der Waals surface area contributed by atoms with Crippen molar-refractivity contribution >= 4 is 37.5 Å². The van der Waals surface area contributed by atoms with Gasteiger partial charge in [0.15, 0.2) is 0 Å². The van der Waals surface area contributed by atoms with Crippen molar-refractivity contribution in [3.8, 4) is 0 Å². The van der Waals surface area contributed by atoms with Crippen LogP contribution in [0.15, 0.2) is 0 Å². The van der Waals surface area contributed by atoms with Gasteiger partial charge in [0.25, 0.3) is 0 Å². The van der Waals surface area contributed by atoms with Gasteiger partial charge < -0.3 is 0 Å². The van der Waals surface area contributed by atoms with E-state index in [9.17, 15) is 14.4 Å². The van der Waals surface area contributed by atoms with Gasteiger partial charge in [-0.1, -0.05) is 0 Å². The van der Waals surface area contributed by atoms with Crippen molar-refractivity contribution in [1.82, 2.24) is 0 Å². The van der Waals surface area contributed by atoms with Crippen molar-refractivity contribution in [1.29, 1.82) is 0 Å². The molecule has 0 aromatic heterocycles. The van der Waals surface area contributed by atoms with Gasteiger partial charge in [0.05, 0.1) is 0 Å². The first kappa shape index (κ1) is 24.2. The molecule has 0 bridgehead atoms. The summed E-state index contributed by atoms with van der Waals surface area (Å²) in [5.74, 6) is -1.33. The van der Waals surface area contributed by atoms with Gasteiger partial charge in [0.2, 0.25) is 0 Å². The zero-order valence-electron chi connectivity index (χ0n) is 16.2. The fourth-order valence-electron chi connectivity index (χ4n) is 2.27. The topological polar surface area (TPSA) is 78.9 Å². The van der Waals surface area contributed by atoms with Crippen LogP contribution >= 0.6 is 0 Å². The zero-order chi connectivity index (χ0) is 19.1. The SMILES string of the molecule is CCCCC[CH2][Sn]([O]C(=O)CCC)([O]C(=O)CCC)[O]C(=O)CCC. The van der Waals surface area contributed by atoms with Gasteiger partial charge in [-0.15, -0.1) is 0 Å². The summed E-state index contributed by atoms with van der Waals surface area (Å²) in [6.45, 7) is 7.70. The molecule has 0 atom stereocenters. The maximum atomic E-state index is 12.1. The second-order valence-corrected chi connectivity index (χ2v) is 13.2. The van der Waals surface area contributed by atoms with Crippen LogP contribution in [0.4, 0.5) is 0 Å². The molecular formula is C18H34O6Sn. The summed E-state index contributed by atoms with van der Waals surface area (Å²) < 4.78 is 17.1. The van der Waals surface area contributed by atoms with Gasteiger partial charge >= 0.3 is 157 Å². The Morgan fingerprint density at radius 1 is 0.600 bits per heavy atom. The molecule has 0 spiro atoms. The molecule has 0 saturated heterocycles. The van der Waals surface area contributed by atoms with Gasteiger partial charge in [0.1, 0.15) is 0 Å². The Morgan fingerprint density at radius 2 is 1.00 bits per heavy atom. The van der Waals surface area contributed by atoms with Gasteiger partial charge in [-0.05, 0) is 0 Å². The molecule has 0 rings (SSSR count). The molecule has 6 nitrogen and oxygen atoms in total. The third-order valence-electron chi connectivity index (χ3n) is 3.51. The summed E-state index contributed by atoms with van der Waals surface area (Å²) in [7, 11) is 0. The van der Waals surface area contributed by atoms with Crippen LogP contribution in [0, 0.1) is 0 Å². The summed E-state index contributed by atoms with van der Waals surface area (Å²) in [6.07, 6.45) is 6.31. The van der Waals surface area contributed by atoms with E-state index in [1.54, 1.807) is 0 Å². The number of hydrogen-bond acceptors (Lipinski definition) is 6. The molecule has 7 heteroatoms. The van der Waals surface area contributed by atoms with E-state index in [1.807, 2.05) is 20.8 Å². The summed E-state index contributed by atoms with van der Waals surface area (Å²) in [5.41, 5.74) is 0. The van der Waals surface area contributed by atoms with E-state index in [1.165, 1.54) is 0 Å². The van der Waals surface area contributed by atoms with Crippen LogP contribution in [0.2, 0.25) is 4.44 Å². The summed E-state index contributed by atoms with van der Waals surface area (Å²) >= 11 is -4.60. The van der Waals surface area contributed by atoms with Crippen LogP contribution < -0.4 is 0 Å². The fraction of sp³-hybridized carbons (Fsp3) is 0.833. The van der Waals surface area contributed by atoms with Gasteiger partial charge in [-0.25, -0.2) is 0 Å². The Bertz CT molecular complexity index is 360. The molecule has 0 fully saturated rings. The molecule has 0 N–H and O–H groups in total. The number of carbonyl (C=O) groups is 3. The monoisotopic (exact) mass is 466 g/mol. The van der Waals surface area contributed by atoms with Gasteiger partial charge in [-0.3, -0.25) is 0 Å².